The normalized spacial score (nSPS) is 17.5. The molecule has 0 bridgehead atoms. The molecule has 1 fully saturated rings. The largest absolute Gasteiger partial charge is 0.497 e. The standard InChI is InChI=1S/C20H25NO3S/c1-23-17-9-7-16(8-10-17)14-18-15-21(11-12-24-18)20(22)6-2-4-19-5-3-13-25-19/h3,5,7-10,13,18H,2,4,6,11-12,14-15H2,1H3/t18-/m0/s1. The SMILES string of the molecule is COc1ccc(C[C@H]2CN(C(=O)CCCc3cccs3)CCO2)cc1. The van der Waals surface area contributed by atoms with E-state index in [-0.39, 0.29) is 12.0 Å². The van der Waals surface area contributed by atoms with Crippen LogP contribution in [-0.4, -0.2) is 43.7 Å². The lowest BCUT2D eigenvalue weighted by Gasteiger charge is -2.33. The molecule has 0 saturated carbocycles. The quantitative estimate of drug-likeness (QED) is 0.759. The van der Waals surface area contributed by atoms with Gasteiger partial charge in [0.05, 0.1) is 19.8 Å². The first-order valence-electron chi connectivity index (χ1n) is 8.79. The number of rotatable bonds is 7. The molecule has 1 saturated heterocycles. The summed E-state index contributed by atoms with van der Waals surface area (Å²) in [7, 11) is 1.67. The Bertz CT molecular complexity index is 654. The molecule has 134 valence electrons. The number of carbonyl (C=O) groups is 1. The molecule has 3 rings (SSSR count). The van der Waals surface area contributed by atoms with Crippen LogP contribution in [0.15, 0.2) is 41.8 Å². The molecule has 1 aliphatic heterocycles. The number of methoxy groups -OCH3 is 1. The summed E-state index contributed by atoms with van der Waals surface area (Å²) in [5.74, 6) is 1.11. The van der Waals surface area contributed by atoms with E-state index in [1.165, 1.54) is 10.4 Å². The molecule has 0 unspecified atom stereocenters. The highest BCUT2D eigenvalue weighted by atomic mass is 32.1. The van der Waals surface area contributed by atoms with E-state index in [9.17, 15) is 4.79 Å². The van der Waals surface area contributed by atoms with E-state index >= 15 is 0 Å². The van der Waals surface area contributed by atoms with E-state index in [4.69, 9.17) is 9.47 Å². The summed E-state index contributed by atoms with van der Waals surface area (Å²) in [4.78, 5) is 15.8. The van der Waals surface area contributed by atoms with Gasteiger partial charge in [-0.3, -0.25) is 4.79 Å². The first kappa shape index (κ1) is 18.0. The minimum atomic E-state index is 0.0726. The molecule has 0 N–H and O–H groups in total. The van der Waals surface area contributed by atoms with Gasteiger partial charge < -0.3 is 14.4 Å². The molecule has 25 heavy (non-hydrogen) atoms. The molecule has 1 atom stereocenters. The van der Waals surface area contributed by atoms with Crippen LogP contribution in [0.25, 0.3) is 0 Å². The van der Waals surface area contributed by atoms with Crippen molar-refractivity contribution in [3.05, 3.63) is 52.2 Å². The third kappa shape index (κ3) is 5.31. The topological polar surface area (TPSA) is 38.8 Å². The minimum Gasteiger partial charge on any atom is -0.497 e. The molecule has 1 aliphatic rings. The summed E-state index contributed by atoms with van der Waals surface area (Å²) in [6.45, 7) is 2.01. The third-order valence-corrected chi connectivity index (χ3v) is 5.44. The lowest BCUT2D eigenvalue weighted by atomic mass is 10.1. The fraction of sp³-hybridized carbons (Fsp3) is 0.450. The fourth-order valence-electron chi connectivity index (χ4n) is 3.12. The van der Waals surface area contributed by atoms with Crippen molar-refractivity contribution in [1.82, 2.24) is 4.90 Å². The van der Waals surface area contributed by atoms with Gasteiger partial charge in [0, 0.05) is 30.8 Å². The Hall–Kier alpha value is -1.85. The number of nitrogens with zero attached hydrogens (tertiary/aromatic N) is 1. The van der Waals surface area contributed by atoms with Gasteiger partial charge >= 0.3 is 0 Å². The summed E-state index contributed by atoms with van der Waals surface area (Å²) < 4.78 is 11.0. The fourth-order valence-corrected chi connectivity index (χ4v) is 3.87. The first-order chi connectivity index (χ1) is 12.2. The van der Waals surface area contributed by atoms with Crippen molar-refractivity contribution < 1.29 is 14.3 Å². The first-order valence-corrected chi connectivity index (χ1v) is 9.67. The van der Waals surface area contributed by atoms with Crippen molar-refractivity contribution in [3.8, 4) is 5.75 Å². The minimum absolute atomic E-state index is 0.0726. The van der Waals surface area contributed by atoms with Gasteiger partial charge in [-0.1, -0.05) is 18.2 Å². The summed E-state index contributed by atoms with van der Waals surface area (Å²) >= 11 is 1.76. The summed E-state index contributed by atoms with van der Waals surface area (Å²) in [5, 5.41) is 2.09. The van der Waals surface area contributed by atoms with Gasteiger partial charge in [0.2, 0.25) is 5.91 Å². The Kier molecular flexibility index (Phi) is 6.48. The zero-order valence-corrected chi connectivity index (χ0v) is 15.5. The maximum absolute atomic E-state index is 12.5. The van der Waals surface area contributed by atoms with Crippen LogP contribution in [0.4, 0.5) is 0 Å². The number of benzene rings is 1. The molecule has 4 nitrogen and oxygen atoms in total. The van der Waals surface area contributed by atoms with Gasteiger partial charge in [0.15, 0.2) is 0 Å². The van der Waals surface area contributed by atoms with Crippen LogP contribution < -0.4 is 4.74 Å². The number of thiophene rings is 1. The van der Waals surface area contributed by atoms with Crippen LogP contribution in [0, 0.1) is 0 Å². The van der Waals surface area contributed by atoms with Crippen LogP contribution in [0.3, 0.4) is 0 Å². The average molecular weight is 359 g/mol. The molecule has 0 radical (unpaired) electrons. The molecule has 1 amide bonds. The lowest BCUT2D eigenvalue weighted by molar-refractivity contribution is -0.138. The van der Waals surface area contributed by atoms with E-state index < -0.39 is 0 Å². The molecule has 2 heterocycles. The molecule has 1 aromatic heterocycles. The Labute approximate surface area is 153 Å². The van der Waals surface area contributed by atoms with Crippen molar-refractivity contribution >= 4 is 17.2 Å². The van der Waals surface area contributed by atoms with Gasteiger partial charge in [-0.15, -0.1) is 11.3 Å². The number of amides is 1. The van der Waals surface area contributed by atoms with Crippen molar-refractivity contribution in [3.63, 3.8) is 0 Å². The zero-order chi connectivity index (χ0) is 17.5. The zero-order valence-electron chi connectivity index (χ0n) is 14.6. The van der Waals surface area contributed by atoms with Crippen LogP contribution in [0.5, 0.6) is 5.75 Å². The molecule has 1 aromatic carbocycles. The number of ether oxygens (including phenoxy) is 2. The number of morpholine rings is 1. The second-order valence-corrected chi connectivity index (χ2v) is 7.35. The second-order valence-electron chi connectivity index (χ2n) is 6.32. The van der Waals surface area contributed by atoms with Gasteiger partial charge in [-0.05, 0) is 42.0 Å². The van der Waals surface area contributed by atoms with Crippen LogP contribution in [-0.2, 0) is 22.4 Å². The van der Waals surface area contributed by atoms with Gasteiger partial charge in [0.1, 0.15) is 5.75 Å². The Balaban J connectivity index is 1.45. The van der Waals surface area contributed by atoms with Crippen molar-refractivity contribution in [2.75, 3.05) is 26.8 Å². The van der Waals surface area contributed by atoms with Gasteiger partial charge in [0.25, 0.3) is 0 Å². The van der Waals surface area contributed by atoms with E-state index in [0.29, 0.717) is 26.1 Å². The second kappa shape index (κ2) is 9.02. The van der Waals surface area contributed by atoms with Crippen LogP contribution in [0.1, 0.15) is 23.3 Å². The number of hydrogen-bond donors (Lipinski definition) is 0. The molecule has 2 aromatic rings. The molecule has 5 heteroatoms. The Morgan fingerprint density at radius 3 is 2.88 bits per heavy atom. The smallest absolute Gasteiger partial charge is 0.222 e. The van der Waals surface area contributed by atoms with Crippen molar-refractivity contribution in [2.24, 2.45) is 0 Å². The van der Waals surface area contributed by atoms with E-state index in [1.807, 2.05) is 17.0 Å². The molecular weight excluding hydrogens is 334 g/mol. The monoisotopic (exact) mass is 359 g/mol. The number of hydrogen-bond acceptors (Lipinski definition) is 4. The highest BCUT2D eigenvalue weighted by Crippen LogP contribution is 2.17. The van der Waals surface area contributed by atoms with Crippen LogP contribution >= 0.6 is 11.3 Å². The van der Waals surface area contributed by atoms with Gasteiger partial charge in [-0.25, -0.2) is 0 Å². The maximum atomic E-state index is 12.5. The Morgan fingerprint density at radius 2 is 2.16 bits per heavy atom. The highest BCUT2D eigenvalue weighted by Gasteiger charge is 2.24. The maximum Gasteiger partial charge on any atom is 0.222 e. The van der Waals surface area contributed by atoms with E-state index in [2.05, 4.69) is 29.6 Å². The van der Waals surface area contributed by atoms with Crippen LogP contribution in [0.2, 0.25) is 0 Å². The number of aryl methyl sites for hydroxylation is 1. The Morgan fingerprint density at radius 1 is 1.32 bits per heavy atom. The highest BCUT2D eigenvalue weighted by molar-refractivity contribution is 7.09. The summed E-state index contributed by atoms with van der Waals surface area (Å²) in [5.41, 5.74) is 1.21. The lowest BCUT2D eigenvalue weighted by Crippen LogP contribution is -2.46. The van der Waals surface area contributed by atoms with Crippen molar-refractivity contribution in [2.45, 2.75) is 31.8 Å². The number of carbonyl (C=O) groups excluding carboxylic acids is 1. The van der Waals surface area contributed by atoms with Gasteiger partial charge in [-0.2, -0.15) is 0 Å². The predicted octanol–water partition coefficient (Wildman–Crippen LogP) is 3.55. The van der Waals surface area contributed by atoms with Crippen molar-refractivity contribution in [1.29, 1.82) is 0 Å². The molecule has 0 aliphatic carbocycles. The summed E-state index contributed by atoms with van der Waals surface area (Å²) in [6, 6.07) is 12.2. The van der Waals surface area contributed by atoms with E-state index in [1.54, 1.807) is 18.4 Å². The molecular formula is C20H25NO3S. The third-order valence-electron chi connectivity index (χ3n) is 4.51. The molecule has 0 spiro atoms. The van der Waals surface area contributed by atoms with E-state index in [0.717, 1.165) is 25.0 Å². The average Bonchev–Trinajstić information content (AvgIpc) is 3.16. The summed E-state index contributed by atoms with van der Waals surface area (Å²) in [6.07, 6.45) is 3.42. The predicted molar refractivity (Wildman–Crippen MR) is 100 cm³/mol.